The summed E-state index contributed by atoms with van der Waals surface area (Å²) < 4.78 is 43.5. The fraction of sp³-hybridized carbons (Fsp3) is 0.700. The highest BCUT2D eigenvalue weighted by molar-refractivity contribution is 5.75. The zero-order chi connectivity index (χ0) is 22.6. The summed E-state index contributed by atoms with van der Waals surface area (Å²) in [5, 5.41) is 8.66. The summed E-state index contributed by atoms with van der Waals surface area (Å²) in [6, 6.07) is 4.05. The summed E-state index contributed by atoms with van der Waals surface area (Å²) in [5.41, 5.74) is 0. The number of hydrogen-bond donors (Lipinski definition) is 1. The Kier molecular flexibility index (Phi) is 7.60. The molecule has 31 heavy (non-hydrogen) atoms. The molecule has 0 radical (unpaired) electrons. The molecule has 0 saturated carbocycles. The van der Waals surface area contributed by atoms with E-state index in [-0.39, 0.29) is 18.1 Å². The number of ether oxygens (including phenoxy) is 1. The van der Waals surface area contributed by atoms with E-state index in [0.717, 1.165) is 57.0 Å². The summed E-state index contributed by atoms with van der Waals surface area (Å²) >= 11 is 0. The number of alkyl halides is 3. The molecule has 1 N–H and O–H groups in total. The van der Waals surface area contributed by atoms with Crippen molar-refractivity contribution in [3.05, 3.63) is 23.7 Å². The Labute approximate surface area is 177 Å². The molecule has 0 aromatic carbocycles. The van der Waals surface area contributed by atoms with Gasteiger partial charge in [0.1, 0.15) is 11.5 Å². The monoisotopic (exact) mass is 448 g/mol. The Morgan fingerprint density at radius 3 is 2.52 bits per heavy atom. The van der Waals surface area contributed by atoms with Crippen molar-refractivity contribution in [1.29, 1.82) is 0 Å². The fourth-order valence-electron chi connectivity index (χ4n) is 4.09. The van der Waals surface area contributed by atoms with Crippen molar-refractivity contribution >= 4 is 11.9 Å². The molecular weight excluding hydrogens is 421 g/mol. The van der Waals surface area contributed by atoms with Gasteiger partial charge in [0.2, 0.25) is 5.91 Å². The number of carbonyl (C=O) groups excluding carboxylic acids is 1. The first-order chi connectivity index (χ1) is 14.6. The van der Waals surface area contributed by atoms with E-state index in [1.807, 2.05) is 19.1 Å². The number of aryl methyl sites for hydroxylation is 1. The molecule has 3 aliphatic heterocycles. The van der Waals surface area contributed by atoms with E-state index in [1.165, 1.54) is 5.06 Å². The van der Waals surface area contributed by atoms with Gasteiger partial charge < -0.3 is 14.3 Å². The maximum Gasteiger partial charge on any atom is 0.490 e. The highest BCUT2D eigenvalue weighted by Crippen LogP contribution is 2.35. The summed E-state index contributed by atoms with van der Waals surface area (Å²) in [5.74, 6) is -0.183. The molecule has 0 spiro atoms. The molecular formula is C20H27F3N2O6. The topological polar surface area (TPSA) is 92.5 Å². The first-order valence-electron chi connectivity index (χ1n) is 10.3. The van der Waals surface area contributed by atoms with Gasteiger partial charge in [0.25, 0.3) is 0 Å². The Bertz CT molecular complexity index is 748. The van der Waals surface area contributed by atoms with Crippen LogP contribution in [-0.2, 0) is 25.7 Å². The minimum Gasteiger partial charge on any atom is -0.475 e. The third-order valence-corrected chi connectivity index (χ3v) is 5.49. The van der Waals surface area contributed by atoms with E-state index in [9.17, 15) is 18.0 Å². The lowest BCUT2D eigenvalue weighted by molar-refractivity contribution is -0.199. The van der Waals surface area contributed by atoms with E-state index in [1.54, 1.807) is 0 Å². The Morgan fingerprint density at radius 1 is 1.23 bits per heavy atom. The second-order valence-electron chi connectivity index (χ2n) is 8.04. The van der Waals surface area contributed by atoms with Crippen LogP contribution in [-0.4, -0.2) is 71.6 Å². The van der Waals surface area contributed by atoms with Crippen LogP contribution in [0.2, 0.25) is 0 Å². The van der Waals surface area contributed by atoms with Gasteiger partial charge in [-0.1, -0.05) is 0 Å². The first-order valence-corrected chi connectivity index (χ1v) is 10.3. The molecule has 0 bridgehead atoms. The normalized spacial score (nSPS) is 26.3. The maximum atomic E-state index is 12.3. The zero-order valence-corrected chi connectivity index (χ0v) is 17.3. The smallest absolute Gasteiger partial charge is 0.475 e. The van der Waals surface area contributed by atoms with Crippen molar-refractivity contribution in [3.63, 3.8) is 0 Å². The molecule has 0 aliphatic carbocycles. The van der Waals surface area contributed by atoms with Crippen LogP contribution in [0.15, 0.2) is 16.5 Å². The summed E-state index contributed by atoms with van der Waals surface area (Å²) in [6.45, 7) is 6.14. The van der Waals surface area contributed by atoms with Gasteiger partial charge in [-0.15, -0.1) is 0 Å². The molecule has 1 amide bonds. The van der Waals surface area contributed by atoms with Gasteiger partial charge in [0.15, 0.2) is 0 Å². The van der Waals surface area contributed by atoms with E-state index >= 15 is 0 Å². The lowest BCUT2D eigenvalue weighted by Gasteiger charge is -2.27. The Balaban J connectivity index is 0.000000339. The number of carboxylic acid groups (broad SMARTS) is 1. The van der Waals surface area contributed by atoms with E-state index < -0.39 is 12.1 Å². The van der Waals surface area contributed by atoms with Crippen LogP contribution >= 0.6 is 0 Å². The number of rotatable bonds is 4. The maximum absolute atomic E-state index is 12.3. The number of amides is 1. The number of halogens is 3. The number of carbonyl (C=O) groups is 2. The van der Waals surface area contributed by atoms with E-state index in [2.05, 4.69) is 4.90 Å². The molecule has 4 rings (SSSR count). The Hall–Kier alpha value is -2.11. The lowest BCUT2D eigenvalue weighted by Crippen LogP contribution is -2.37. The number of likely N-dealkylation sites (tertiary alicyclic amines) is 1. The zero-order valence-electron chi connectivity index (χ0n) is 17.3. The molecule has 174 valence electrons. The molecule has 4 heterocycles. The van der Waals surface area contributed by atoms with Gasteiger partial charge in [-0.2, -0.15) is 13.2 Å². The standard InChI is InChI=1S/C18H26N2O4.C2HF3O2/c1-13-4-5-15(23-13)11-19-10-14-8-16(24-17(14)12-19)9-18(21)20-6-2-3-7-22-20;3-2(4,5)1(6)7/h4-5,14,16-17H,2-3,6-12H2,1H3;(H,6,7)/t14-,16-,17+;/m0./s1. The summed E-state index contributed by atoms with van der Waals surface area (Å²) in [7, 11) is 0. The average Bonchev–Trinajstić information content (AvgIpc) is 3.37. The molecule has 1 aromatic rings. The second-order valence-corrected chi connectivity index (χ2v) is 8.04. The highest BCUT2D eigenvalue weighted by atomic mass is 19.4. The number of nitrogens with zero attached hydrogens (tertiary/aromatic N) is 2. The van der Waals surface area contributed by atoms with Crippen LogP contribution in [0.4, 0.5) is 13.2 Å². The fourth-order valence-corrected chi connectivity index (χ4v) is 4.09. The van der Waals surface area contributed by atoms with Gasteiger partial charge >= 0.3 is 12.1 Å². The predicted molar refractivity (Wildman–Crippen MR) is 101 cm³/mol. The van der Waals surface area contributed by atoms with Gasteiger partial charge in [0, 0.05) is 25.6 Å². The molecule has 3 atom stereocenters. The molecule has 1 aromatic heterocycles. The van der Waals surface area contributed by atoms with Gasteiger partial charge in [-0.3, -0.25) is 14.5 Å². The van der Waals surface area contributed by atoms with Crippen molar-refractivity contribution in [2.24, 2.45) is 5.92 Å². The SMILES string of the molecule is Cc1ccc(CN2C[C@@H]3C[C@@H](CC(=O)N4CCCCO4)O[C@@H]3C2)o1.O=C(O)C(F)(F)F. The number of carboxylic acids is 1. The number of fused-ring (bicyclic) bond motifs is 1. The van der Waals surface area contributed by atoms with Gasteiger partial charge in [0.05, 0.1) is 31.8 Å². The number of furan rings is 1. The van der Waals surface area contributed by atoms with Gasteiger partial charge in [-0.25, -0.2) is 9.86 Å². The van der Waals surface area contributed by atoms with Crippen LogP contribution in [0.1, 0.15) is 37.2 Å². The minimum absolute atomic E-state index is 0.0473. The first kappa shape index (κ1) is 23.6. The molecule has 3 aliphatic rings. The Morgan fingerprint density at radius 2 is 1.97 bits per heavy atom. The largest absolute Gasteiger partial charge is 0.490 e. The third-order valence-electron chi connectivity index (χ3n) is 5.49. The minimum atomic E-state index is -5.08. The van der Waals surface area contributed by atoms with Crippen LogP contribution < -0.4 is 0 Å². The van der Waals surface area contributed by atoms with Crippen molar-refractivity contribution in [3.8, 4) is 0 Å². The van der Waals surface area contributed by atoms with E-state index in [0.29, 0.717) is 18.9 Å². The van der Waals surface area contributed by atoms with Crippen molar-refractivity contribution in [2.75, 3.05) is 26.2 Å². The molecule has 3 saturated heterocycles. The van der Waals surface area contributed by atoms with Crippen LogP contribution in [0.5, 0.6) is 0 Å². The summed E-state index contributed by atoms with van der Waals surface area (Å²) in [6.07, 6.45) is -1.29. The second kappa shape index (κ2) is 10.0. The molecule has 0 unspecified atom stereocenters. The van der Waals surface area contributed by atoms with Gasteiger partial charge in [-0.05, 0) is 38.3 Å². The molecule has 8 nitrogen and oxygen atoms in total. The van der Waals surface area contributed by atoms with Crippen molar-refractivity contribution < 1.29 is 41.9 Å². The highest BCUT2D eigenvalue weighted by Gasteiger charge is 2.43. The average molecular weight is 448 g/mol. The number of hydroxylamine groups is 2. The third kappa shape index (κ3) is 6.68. The quantitative estimate of drug-likeness (QED) is 0.757. The van der Waals surface area contributed by atoms with Crippen LogP contribution in [0.3, 0.4) is 0 Å². The van der Waals surface area contributed by atoms with E-state index in [4.69, 9.17) is 23.9 Å². The number of aliphatic carboxylic acids is 1. The lowest BCUT2D eigenvalue weighted by atomic mass is 10.0. The van der Waals surface area contributed by atoms with Crippen LogP contribution in [0, 0.1) is 12.8 Å². The van der Waals surface area contributed by atoms with Crippen molar-refractivity contribution in [1.82, 2.24) is 9.96 Å². The molecule has 11 heteroatoms. The van der Waals surface area contributed by atoms with Crippen LogP contribution in [0.25, 0.3) is 0 Å². The predicted octanol–water partition coefficient (Wildman–Crippen LogP) is 2.75. The summed E-state index contributed by atoms with van der Waals surface area (Å²) in [4.78, 5) is 29.0. The number of hydrogen-bond acceptors (Lipinski definition) is 6. The van der Waals surface area contributed by atoms with Crippen molar-refractivity contribution in [2.45, 2.75) is 57.5 Å². The molecule has 3 fully saturated rings.